The van der Waals surface area contributed by atoms with Crippen molar-refractivity contribution >= 4 is 41.2 Å². The Morgan fingerprint density at radius 1 is 1.11 bits per heavy atom. The molecule has 1 aromatic rings. The monoisotopic (exact) mass is 563 g/mol. The fraction of sp³-hybridized carbons (Fsp3) is 0.690. The fourth-order valence-corrected chi connectivity index (χ4v) is 8.99. The molecular weight excluding hydrogens is 518 g/mol. The molecule has 2 aliphatic heterocycles. The Labute approximate surface area is 236 Å². The van der Waals surface area contributed by atoms with Crippen molar-refractivity contribution < 1.29 is 19.5 Å². The van der Waals surface area contributed by atoms with Crippen LogP contribution in [0.3, 0.4) is 0 Å². The molecule has 2 aliphatic rings. The first kappa shape index (κ1) is 30.8. The van der Waals surface area contributed by atoms with Crippen LogP contribution in [0.25, 0.3) is 0 Å². The predicted molar refractivity (Wildman–Crippen MR) is 157 cm³/mol. The van der Waals surface area contributed by atoms with Crippen molar-refractivity contribution in [3.05, 3.63) is 35.9 Å². The zero-order valence-electron chi connectivity index (χ0n) is 23.3. The SMILES string of the molecule is CCC[C@H](NC(=O)[C@@H]1CCCN1C(=O)[C@H](CC(C)C)NC(C)=O)C(O)C1(Cc2ccccc2)SCCCS1. The van der Waals surface area contributed by atoms with E-state index in [1.807, 2.05) is 32.0 Å². The van der Waals surface area contributed by atoms with E-state index < -0.39 is 28.3 Å². The number of hydrogen-bond donors (Lipinski definition) is 3. The number of carbonyl (C=O) groups is 3. The lowest BCUT2D eigenvalue weighted by molar-refractivity contribution is -0.142. The van der Waals surface area contributed by atoms with Gasteiger partial charge in [-0.2, -0.15) is 0 Å². The van der Waals surface area contributed by atoms with Crippen LogP contribution in [-0.2, 0) is 20.8 Å². The Balaban J connectivity index is 1.77. The third kappa shape index (κ3) is 8.15. The van der Waals surface area contributed by atoms with E-state index >= 15 is 0 Å². The molecule has 2 saturated heterocycles. The Bertz CT molecular complexity index is 924. The zero-order chi connectivity index (χ0) is 27.7. The van der Waals surface area contributed by atoms with Crippen LogP contribution in [-0.4, -0.2) is 74.1 Å². The van der Waals surface area contributed by atoms with E-state index in [2.05, 4.69) is 29.7 Å². The molecule has 0 bridgehead atoms. The maximum absolute atomic E-state index is 13.6. The molecule has 3 rings (SSSR count). The lowest BCUT2D eigenvalue weighted by atomic mass is 9.97. The number of likely N-dealkylation sites (tertiary alicyclic amines) is 1. The number of thioether (sulfide) groups is 2. The number of amides is 3. The van der Waals surface area contributed by atoms with E-state index in [4.69, 9.17) is 0 Å². The minimum Gasteiger partial charge on any atom is -0.389 e. The van der Waals surface area contributed by atoms with Crippen LogP contribution in [0, 0.1) is 5.92 Å². The first-order chi connectivity index (χ1) is 18.2. The van der Waals surface area contributed by atoms with Crippen LogP contribution in [0.4, 0.5) is 0 Å². The second-order valence-corrected chi connectivity index (χ2v) is 14.1. The summed E-state index contributed by atoms with van der Waals surface area (Å²) in [7, 11) is 0. The Morgan fingerprint density at radius 3 is 2.39 bits per heavy atom. The highest BCUT2D eigenvalue weighted by Crippen LogP contribution is 2.48. The van der Waals surface area contributed by atoms with Gasteiger partial charge in [0.25, 0.3) is 0 Å². The third-order valence-corrected chi connectivity index (χ3v) is 10.7. The summed E-state index contributed by atoms with van der Waals surface area (Å²) in [5, 5.41) is 17.8. The molecule has 38 heavy (non-hydrogen) atoms. The van der Waals surface area contributed by atoms with Gasteiger partial charge in [-0.05, 0) is 61.5 Å². The Hall–Kier alpha value is -1.71. The summed E-state index contributed by atoms with van der Waals surface area (Å²) >= 11 is 3.61. The highest BCUT2D eigenvalue weighted by molar-refractivity contribution is 8.18. The topological polar surface area (TPSA) is 98.7 Å². The summed E-state index contributed by atoms with van der Waals surface area (Å²) in [6.45, 7) is 8.00. The van der Waals surface area contributed by atoms with Gasteiger partial charge < -0.3 is 20.6 Å². The number of hydrogen-bond acceptors (Lipinski definition) is 6. The van der Waals surface area contributed by atoms with Crippen molar-refractivity contribution in [2.24, 2.45) is 5.92 Å². The molecule has 3 amide bonds. The average molecular weight is 564 g/mol. The summed E-state index contributed by atoms with van der Waals surface area (Å²) in [6.07, 6.45) is 4.43. The summed E-state index contributed by atoms with van der Waals surface area (Å²) in [5.41, 5.74) is 1.18. The van der Waals surface area contributed by atoms with Gasteiger partial charge >= 0.3 is 0 Å². The largest absolute Gasteiger partial charge is 0.389 e. The molecule has 0 spiro atoms. The van der Waals surface area contributed by atoms with E-state index in [9.17, 15) is 19.5 Å². The van der Waals surface area contributed by atoms with E-state index in [-0.39, 0.29) is 23.6 Å². The normalized spacial score (nSPS) is 21.5. The fourth-order valence-electron chi connectivity index (χ4n) is 5.50. The third-order valence-electron chi connectivity index (χ3n) is 7.26. The van der Waals surface area contributed by atoms with Crippen LogP contribution >= 0.6 is 23.5 Å². The maximum Gasteiger partial charge on any atom is 0.245 e. The highest BCUT2D eigenvalue weighted by atomic mass is 32.2. The molecule has 1 unspecified atom stereocenters. The van der Waals surface area contributed by atoms with Gasteiger partial charge in [-0.25, -0.2) is 0 Å². The van der Waals surface area contributed by atoms with Gasteiger partial charge in [0.05, 0.1) is 16.2 Å². The van der Waals surface area contributed by atoms with Gasteiger partial charge in [0.2, 0.25) is 17.7 Å². The molecule has 212 valence electrons. The molecule has 4 atom stereocenters. The van der Waals surface area contributed by atoms with E-state index in [1.54, 1.807) is 28.4 Å². The predicted octanol–water partition coefficient (Wildman–Crippen LogP) is 3.98. The molecule has 0 radical (unpaired) electrons. The minimum absolute atomic E-state index is 0.196. The van der Waals surface area contributed by atoms with Crippen LogP contribution < -0.4 is 10.6 Å². The summed E-state index contributed by atoms with van der Waals surface area (Å²) < 4.78 is -0.439. The molecule has 0 aromatic heterocycles. The minimum atomic E-state index is -0.736. The number of carbonyl (C=O) groups excluding carboxylic acids is 3. The van der Waals surface area contributed by atoms with Gasteiger partial charge in [0.1, 0.15) is 12.1 Å². The van der Waals surface area contributed by atoms with Crippen molar-refractivity contribution in [1.82, 2.24) is 15.5 Å². The average Bonchev–Trinajstić information content (AvgIpc) is 3.38. The lowest BCUT2D eigenvalue weighted by Gasteiger charge is -2.43. The van der Waals surface area contributed by atoms with Gasteiger partial charge in [0.15, 0.2) is 0 Å². The number of aliphatic hydroxyl groups is 1. The Kier molecular flexibility index (Phi) is 11.9. The number of aliphatic hydroxyl groups excluding tert-OH is 1. The zero-order valence-corrected chi connectivity index (χ0v) is 24.9. The van der Waals surface area contributed by atoms with Crippen LogP contribution in [0.5, 0.6) is 0 Å². The van der Waals surface area contributed by atoms with Gasteiger partial charge in [0, 0.05) is 13.5 Å². The molecule has 9 heteroatoms. The Morgan fingerprint density at radius 2 is 1.79 bits per heavy atom. The quantitative estimate of drug-likeness (QED) is 0.356. The van der Waals surface area contributed by atoms with E-state index in [0.717, 1.165) is 37.2 Å². The molecule has 2 heterocycles. The molecule has 7 nitrogen and oxygen atoms in total. The summed E-state index contributed by atoms with van der Waals surface area (Å²) in [6, 6.07) is 8.62. The summed E-state index contributed by atoms with van der Waals surface area (Å²) in [4.78, 5) is 40.5. The second-order valence-electron chi connectivity index (χ2n) is 10.9. The molecule has 0 saturated carbocycles. The molecule has 3 N–H and O–H groups in total. The molecule has 1 aromatic carbocycles. The second kappa shape index (κ2) is 14.6. The van der Waals surface area contributed by atoms with Crippen molar-refractivity contribution in [3.63, 3.8) is 0 Å². The van der Waals surface area contributed by atoms with Crippen molar-refractivity contribution in [2.45, 2.75) is 101 Å². The highest BCUT2D eigenvalue weighted by Gasteiger charge is 2.46. The molecule has 0 aliphatic carbocycles. The van der Waals surface area contributed by atoms with Gasteiger partial charge in [-0.1, -0.05) is 57.5 Å². The van der Waals surface area contributed by atoms with Crippen molar-refractivity contribution in [2.75, 3.05) is 18.1 Å². The van der Waals surface area contributed by atoms with Gasteiger partial charge in [-0.3, -0.25) is 14.4 Å². The number of rotatable bonds is 12. The smallest absolute Gasteiger partial charge is 0.245 e. The lowest BCUT2D eigenvalue weighted by Crippen LogP contribution is -2.58. The van der Waals surface area contributed by atoms with Crippen LogP contribution in [0.1, 0.15) is 71.8 Å². The first-order valence-corrected chi connectivity index (χ1v) is 16.0. The van der Waals surface area contributed by atoms with E-state index in [1.165, 1.54) is 12.5 Å². The maximum atomic E-state index is 13.6. The number of nitrogens with zero attached hydrogens (tertiary/aromatic N) is 1. The first-order valence-electron chi connectivity index (χ1n) is 14.0. The standard InChI is InChI=1S/C29H45N3O4S2/c1-5-11-23(26(34)29(37-16-10-17-38-29)19-22-12-7-6-8-13-22)31-27(35)25-14-9-15-32(25)28(36)24(18-20(2)3)30-21(4)33/h6-8,12-13,20,23-26,34H,5,9-11,14-19H2,1-4H3,(H,30,33)(H,31,35)/t23-,24-,25-,26?/m0/s1. The number of benzene rings is 1. The van der Waals surface area contributed by atoms with Gasteiger partial charge in [-0.15, -0.1) is 23.5 Å². The molecule has 2 fully saturated rings. The molecular formula is C29H45N3O4S2. The van der Waals surface area contributed by atoms with E-state index in [0.29, 0.717) is 25.8 Å². The van der Waals surface area contributed by atoms with Crippen molar-refractivity contribution in [1.29, 1.82) is 0 Å². The number of nitrogens with one attached hydrogen (secondary N) is 2. The van der Waals surface area contributed by atoms with Crippen LogP contribution in [0.15, 0.2) is 30.3 Å². The summed E-state index contributed by atoms with van der Waals surface area (Å²) in [5.74, 6) is 1.53. The van der Waals surface area contributed by atoms with Crippen molar-refractivity contribution in [3.8, 4) is 0 Å². The van der Waals surface area contributed by atoms with Crippen LogP contribution in [0.2, 0.25) is 0 Å².